The van der Waals surface area contributed by atoms with Gasteiger partial charge < -0.3 is 15.4 Å². The number of hydrogen-bond acceptors (Lipinski definition) is 6. The van der Waals surface area contributed by atoms with Crippen LogP contribution in [0.15, 0.2) is 36.5 Å². The maximum absolute atomic E-state index is 5.34. The Labute approximate surface area is 170 Å². The van der Waals surface area contributed by atoms with Gasteiger partial charge in [-0.25, -0.2) is 9.97 Å². The van der Waals surface area contributed by atoms with Crippen molar-refractivity contribution in [2.24, 2.45) is 0 Å². The van der Waals surface area contributed by atoms with Gasteiger partial charge in [0.2, 0.25) is 5.95 Å². The van der Waals surface area contributed by atoms with E-state index in [2.05, 4.69) is 61.5 Å². The minimum Gasteiger partial charge on any atom is -0.497 e. The van der Waals surface area contributed by atoms with Gasteiger partial charge in [-0.15, -0.1) is 11.3 Å². The number of methoxy groups -OCH3 is 1. The zero-order valence-electron chi connectivity index (χ0n) is 17.2. The molecule has 148 valence electrons. The van der Waals surface area contributed by atoms with Crippen LogP contribution in [0, 0.1) is 0 Å². The Balaban J connectivity index is 1.58. The first kappa shape index (κ1) is 19.2. The van der Waals surface area contributed by atoms with Crippen LogP contribution < -0.4 is 15.4 Å². The Hall–Kier alpha value is -2.18. The van der Waals surface area contributed by atoms with Crippen LogP contribution in [0.1, 0.15) is 40.5 Å². The summed E-state index contributed by atoms with van der Waals surface area (Å²) in [6.07, 6.45) is 3.91. The molecule has 5 nitrogen and oxygen atoms in total. The minimum atomic E-state index is 0.0849. The van der Waals surface area contributed by atoms with Crippen molar-refractivity contribution in [1.82, 2.24) is 15.3 Å². The first-order valence-electron chi connectivity index (χ1n) is 9.70. The highest BCUT2D eigenvalue weighted by atomic mass is 32.1. The second kappa shape index (κ2) is 7.01. The number of nitrogens with one attached hydrogen (secondary N) is 2. The zero-order valence-corrected chi connectivity index (χ0v) is 18.0. The molecule has 0 spiro atoms. The van der Waals surface area contributed by atoms with E-state index in [0.29, 0.717) is 12.0 Å². The fourth-order valence-electron chi connectivity index (χ4n) is 4.44. The summed E-state index contributed by atoms with van der Waals surface area (Å²) in [7, 11) is 1.70. The molecule has 1 aliphatic rings. The molecule has 1 aliphatic heterocycles. The maximum atomic E-state index is 5.34. The van der Waals surface area contributed by atoms with Gasteiger partial charge in [-0.3, -0.25) is 0 Å². The zero-order chi connectivity index (χ0) is 19.9. The van der Waals surface area contributed by atoms with Gasteiger partial charge in [0.1, 0.15) is 5.75 Å². The van der Waals surface area contributed by atoms with Crippen molar-refractivity contribution in [2.45, 2.75) is 57.7 Å². The summed E-state index contributed by atoms with van der Waals surface area (Å²) in [5.41, 5.74) is 1.12. The normalized spacial score (nSPS) is 18.9. The molecule has 0 unspecified atom stereocenters. The molecule has 1 fully saturated rings. The molecule has 3 heterocycles. The van der Waals surface area contributed by atoms with Crippen LogP contribution >= 0.6 is 11.3 Å². The quantitative estimate of drug-likeness (QED) is 0.643. The molecule has 3 aromatic rings. The molecule has 0 atom stereocenters. The average molecular weight is 397 g/mol. The van der Waals surface area contributed by atoms with E-state index >= 15 is 0 Å². The van der Waals surface area contributed by atoms with Crippen LogP contribution in [-0.2, 0) is 0 Å². The maximum Gasteiger partial charge on any atom is 0.223 e. The molecule has 0 radical (unpaired) electrons. The number of nitrogens with zero attached hydrogens (tertiary/aromatic N) is 2. The van der Waals surface area contributed by atoms with Gasteiger partial charge in [0.15, 0.2) is 0 Å². The summed E-state index contributed by atoms with van der Waals surface area (Å²) in [5, 5.41) is 8.50. The van der Waals surface area contributed by atoms with Gasteiger partial charge in [-0.05, 0) is 76.3 Å². The van der Waals surface area contributed by atoms with Crippen molar-refractivity contribution in [3.63, 3.8) is 0 Å². The number of benzene rings is 1. The molecule has 0 amide bonds. The Morgan fingerprint density at radius 3 is 2.57 bits per heavy atom. The van der Waals surface area contributed by atoms with E-state index in [1.165, 1.54) is 10.1 Å². The molecule has 0 aliphatic carbocycles. The second-order valence-corrected chi connectivity index (χ2v) is 10.0. The highest BCUT2D eigenvalue weighted by Gasteiger charge is 2.37. The molecular formula is C22H28N4OS. The predicted octanol–water partition coefficient (Wildman–Crippen LogP) is 5.09. The summed E-state index contributed by atoms with van der Waals surface area (Å²) in [6.45, 7) is 9.02. The van der Waals surface area contributed by atoms with Crippen molar-refractivity contribution >= 4 is 27.4 Å². The lowest BCUT2D eigenvalue weighted by Crippen LogP contribution is -2.60. The number of aromatic nitrogens is 2. The van der Waals surface area contributed by atoms with Gasteiger partial charge in [-0.1, -0.05) is 0 Å². The van der Waals surface area contributed by atoms with E-state index in [4.69, 9.17) is 9.72 Å². The fraction of sp³-hybridized carbons (Fsp3) is 0.455. The van der Waals surface area contributed by atoms with Crippen molar-refractivity contribution in [2.75, 3.05) is 12.4 Å². The lowest BCUT2D eigenvalue weighted by Gasteiger charge is -2.46. The van der Waals surface area contributed by atoms with Gasteiger partial charge in [0.05, 0.1) is 17.7 Å². The van der Waals surface area contributed by atoms with Crippen LogP contribution in [0.2, 0.25) is 0 Å². The van der Waals surface area contributed by atoms with Gasteiger partial charge in [0, 0.05) is 28.0 Å². The van der Waals surface area contributed by atoms with Gasteiger partial charge >= 0.3 is 0 Å². The Bertz CT molecular complexity index is 979. The van der Waals surface area contributed by atoms with E-state index in [0.717, 1.165) is 29.2 Å². The highest BCUT2D eigenvalue weighted by molar-refractivity contribution is 7.22. The standard InChI is InChI=1S/C22H28N4OS/c1-21(2)12-15(13-22(3,4)26-21)24-20-23-9-8-17(25-20)19-10-14-6-7-16(27-5)11-18(14)28-19/h6-11,15,26H,12-13H2,1-5H3,(H,23,24,25). The number of anilines is 1. The molecule has 0 bridgehead atoms. The number of piperidine rings is 1. The molecule has 2 aromatic heterocycles. The Kier molecular flexibility index (Phi) is 4.79. The number of thiophene rings is 1. The third-order valence-electron chi connectivity index (χ3n) is 5.16. The summed E-state index contributed by atoms with van der Waals surface area (Å²) in [5.74, 6) is 1.58. The van der Waals surface area contributed by atoms with Crippen molar-refractivity contribution in [1.29, 1.82) is 0 Å². The largest absolute Gasteiger partial charge is 0.497 e. The summed E-state index contributed by atoms with van der Waals surface area (Å²) >= 11 is 1.73. The van der Waals surface area contributed by atoms with Crippen LogP contribution in [0.3, 0.4) is 0 Å². The fourth-order valence-corrected chi connectivity index (χ4v) is 5.50. The van der Waals surface area contributed by atoms with E-state index < -0.39 is 0 Å². The van der Waals surface area contributed by atoms with Crippen LogP contribution in [0.5, 0.6) is 5.75 Å². The van der Waals surface area contributed by atoms with Gasteiger partial charge in [0.25, 0.3) is 0 Å². The van der Waals surface area contributed by atoms with Crippen LogP contribution in [0.4, 0.5) is 5.95 Å². The highest BCUT2D eigenvalue weighted by Crippen LogP contribution is 2.35. The summed E-state index contributed by atoms with van der Waals surface area (Å²) in [6, 6.07) is 10.7. The first-order chi connectivity index (χ1) is 13.2. The lowest BCUT2D eigenvalue weighted by molar-refractivity contribution is 0.170. The number of hydrogen-bond donors (Lipinski definition) is 2. The third kappa shape index (κ3) is 4.13. The second-order valence-electron chi connectivity index (χ2n) is 8.92. The van der Waals surface area contributed by atoms with E-state index in [9.17, 15) is 0 Å². The number of fused-ring (bicyclic) bond motifs is 1. The smallest absolute Gasteiger partial charge is 0.223 e. The van der Waals surface area contributed by atoms with Crippen LogP contribution in [-0.4, -0.2) is 34.2 Å². The van der Waals surface area contributed by atoms with E-state index in [1.807, 2.05) is 18.3 Å². The van der Waals surface area contributed by atoms with E-state index in [-0.39, 0.29) is 11.1 Å². The average Bonchev–Trinajstić information content (AvgIpc) is 3.02. The monoisotopic (exact) mass is 396 g/mol. The summed E-state index contributed by atoms with van der Waals surface area (Å²) in [4.78, 5) is 10.4. The minimum absolute atomic E-state index is 0.0849. The number of rotatable bonds is 4. The molecule has 1 aromatic carbocycles. The summed E-state index contributed by atoms with van der Waals surface area (Å²) < 4.78 is 6.54. The third-order valence-corrected chi connectivity index (χ3v) is 6.28. The first-order valence-corrected chi connectivity index (χ1v) is 10.5. The Morgan fingerprint density at radius 1 is 1.11 bits per heavy atom. The molecule has 4 rings (SSSR count). The predicted molar refractivity (Wildman–Crippen MR) is 117 cm³/mol. The Morgan fingerprint density at radius 2 is 1.86 bits per heavy atom. The molecule has 2 N–H and O–H groups in total. The van der Waals surface area contributed by atoms with Crippen molar-refractivity contribution < 1.29 is 4.74 Å². The SMILES string of the molecule is COc1ccc2cc(-c3ccnc(NC4CC(C)(C)NC(C)(C)C4)n3)sc2c1. The molecule has 28 heavy (non-hydrogen) atoms. The van der Waals surface area contributed by atoms with E-state index in [1.54, 1.807) is 18.4 Å². The van der Waals surface area contributed by atoms with Gasteiger partial charge in [-0.2, -0.15) is 0 Å². The molecule has 0 saturated carbocycles. The van der Waals surface area contributed by atoms with Crippen molar-refractivity contribution in [3.05, 3.63) is 36.5 Å². The molecule has 6 heteroatoms. The lowest BCUT2D eigenvalue weighted by atomic mass is 9.80. The topological polar surface area (TPSA) is 59.1 Å². The molecule has 1 saturated heterocycles. The molecular weight excluding hydrogens is 368 g/mol. The van der Waals surface area contributed by atoms with Crippen LogP contribution in [0.25, 0.3) is 20.7 Å². The van der Waals surface area contributed by atoms with Crippen molar-refractivity contribution in [3.8, 4) is 16.3 Å². The number of ether oxygens (including phenoxy) is 1.